The van der Waals surface area contributed by atoms with Gasteiger partial charge in [-0.1, -0.05) is 19.3 Å². The smallest absolute Gasteiger partial charge is 0.282 e. The highest BCUT2D eigenvalue weighted by Gasteiger charge is 2.18. The number of hydrogen-bond acceptors (Lipinski definition) is 4. The molecule has 0 unspecified atom stereocenters. The maximum Gasteiger partial charge on any atom is 0.282 e. The average molecular weight is 212 g/mol. The highest BCUT2D eigenvalue weighted by Crippen LogP contribution is 2.20. The topological polar surface area (TPSA) is 56.8 Å². The van der Waals surface area contributed by atoms with Crippen LogP contribution in [0.25, 0.3) is 0 Å². The Kier molecular flexibility index (Phi) is 3.83. The van der Waals surface area contributed by atoms with Gasteiger partial charge in [0.2, 0.25) is 0 Å². The molecule has 2 N–H and O–H groups in total. The molecule has 2 rings (SSSR count). The van der Waals surface area contributed by atoms with Crippen molar-refractivity contribution in [3.8, 4) is 0 Å². The molecule has 1 aliphatic heterocycles. The molecule has 0 saturated heterocycles. The summed E-state index contributed by atoms with van der Waals surface area (Å²) in [6.45, 7) is 1.41. The quantitative estimate of drug-likeness (QED) is 0.767. The Morgan fingerprint density at radius 2 is 2.13 bits per heavy atom. The monoisotopic (exact) mass is 212 g/mol. The standard InChI is InChI=1S/C11H20N2O2/c12-11-13-9(8-15-11)6-7-14-10-4-2-1-3-5-10/h9-10H,1-8H2,(H2,12,13)/t9-/m0/s1. The van der Waals surface area contributed by atoms with Gasteiger partial charge in [0.25, 0.3) is 6.02 Å². The van der Waals surface area contributed by atoms with Crippen LogP contribution in [0.4, 0.5) is 0 Å². The minimum atomic E-state index is 0.216. The van der Waals surface area contributed by atoms with Crippen molar-refractivity contribution in [2.24, 2.45) is 10.7 Å². The number of nitrogens with two attached hydrogens (primary N) is 1. The van der Waals surface area contributed by atoms with Crippen LogP contribution in [-0.4, -0.2) is 31.4 Å². The summed E-state index contributed by atoms with van der Waals surface area (Å²) >= 11 is 0. The van der Waals surface area contributed by atoms with Gasteiger partial charge in [-0.2, -0.15) is 0 Å². The van der Waals surface area contributed by atoms with Gasteiger partial charge in [-0.3, -0.25) is 0 Å². The Hall–Kier alpha value is -0.770. The van der Waals surface area contributed by atoms with Gasteiger partial charge in [-0.05, 0) is 19.3 Å². The van der Waals surface area contributed by atoms with Crippen LogP contribution in [0.1, 0.15) is 38.5 Å². The van der Waals surface area contributed by atoms with Crippen LogP contribution in [-0.2, 0) is 9.47 Å². The third kappa shape index (κ3) is 3.38. The summed E-state index contributed by atoms with van der Waals surface area (Å²) in [6.07, 6.45) is 7.89. The Labute approximate surface area is 90.8 Å². The van der Waals surface area contributed by atoms with Gasteiger partial charge in [-0.15, -0.1) is 0 Å². The second-order valence-electron chi connectivity index (χ2n) is 4.35. The fourth-order valence-corrected chi connectivity index (χ4v) is 2.19. The fraction of sp³-hybridized carbons (Fsp3) is 0.909. The minimum absolute atomic E-state index is 0.216. The highest BCUT2D eigenvalue weighted by molar-refractivity contribution is 5.72. The lowest BCUT2D eigenvalue weighted by Crippen LogP contribution is -2.19. The van der Waals surface area contributed by atoms with Gasteiger partial charge in [0.1, 0.15) is 6.61 Å². The molecular weight excluding hydrogens is 192 g/mol. The maximum absolute atomic E-state index is 5.81. The van der Waals surface area contributed by atoms with Crippen LogP contribution in [0.3, 0.4) is 0 Å². The lowest BCUT2D eigenvalue weighted by Gasteiger charge is -2.22. The van der Waals surface area contributed by atoms with Crippen LogP contribution < -0.4 is 5.73 Å². The number of aliphatic imine (C=N–C) groups is 1. The van der Waals surface area contributed by atoms with E-state index in [0.29, 0.717) is 18.7 Å². The summed E-state index contributed by atoms with van der Waals surface area (Å²) in [6, 6.07) is 0.547. The Morgan fingerprint density at radius 3 is 2.80 bits per heavy atom. The Morgan fingerprint density at radius 1 is 1.33 bits per heavy atom. The predicted molar refractivity (Wildman–Crippen MR) is 58.8 cm³/mol. The van der Waals surface area contributed by atoms with Gasteiger partial charge in [0.05, 0.1) is 12.1 Å². The van der Waals surface area contributed by atoms with E-state index in [9.17, 15) is 0 Å². The second-order valence-corrected chi connectivity index (χ2v) is 4.35. The number of rotatable bonds is 4. The molecule has 1 fully saturated rings. The van der Waals surface area contributed by atoms with E-state index in [1.807, 2.05) is 0 Å². The molecule has 15 heavy (non-hydrogen) atoms. The first-order chi connectivity index (χ1) is 7.34. The van der Waals surface area contributed by atoms with E-state index in [1.54, 1.807) is 0 Å². The summed E-state index contributed by atoms with van der Waals surface area (Å²) in [5, 5.41) is 0. The van der Waals surface area contributed by atoms with Crippen molar-refractivity contribution in [2.75, 3.05) is 13.2 Å². The second kappa shape index (κ2) is 5.35. The van der Waals surface area contributed by atoms with Gasteiger partial charge in [0, 0.05) is 6.61 Å². The normalized spacial score (nSPS) is 27.5. The van der Waals surface area contributed by atoms with E-state index < -0.39 is 0 Å². The summed E-state index contributed by atoms with van der Waals surface area (Å²) in [4.78, 5) is 4.16. The van der Waals surface area contributed by atoms with Crippen LogP contribution in [0, 0.1) is 0 Å². The zero-order chi connectivity index (χ0) is 10.5. The van der Waals surface area contributed by atoms with Crippen molar-refractivity contribution in [2.45, 2.75) is 50.7 Å². The van der Waals surface area contributed by atoms with E-state index in [1.165, 1.54) is 32.1 Å². The molecule has 0 aromatic carbocycles. The van der Waals surface area contributed by atoms with E-state index in [-0.39, 0.29) is 6.04 Å². The minimum Gasteiger partial charge on any atom is -0.463 e. The van der Waals surface area contributed by atoms with Crippen LogP contribution in [0.5, 0.6) is 0 Å². The Bertz CT molecular complexity index is 225. The molecule has 0 radical (unpaired) electrons. The molecule has 0 bridgehead atoms. The van der Waals surface area contributed by atoms with Gasteiger partial charge in [-0.25, -0.2) is 4.99 Å². The molecule has 4 heteroatoms. The zero-order valence-corrected chi connectivity index (χ0v) is 9.15. The molecule has 1 heterocycles. The van der Waals surface area contributed by atoms with Gasteiger partial charge >= 0.3 is 0 Å². The molecule has 0 aromatic rings. The molecule has 2 aliphatic rings. The van der Waals surface area contributed by atoms with Crippen molar-refractivity contribution < 1.29 is 9.47 Å². The highest BCUT2D eigenvalue weighted by atomic mass is 16.5. The number of amidine groups is 1. The number of ether oxygens (including phenoxy) is 2. The first-order valence-electron chi connectivity index (χ1n) is 5.92. The van der Waals surface area contributed by atoms with Crippen molar-refractivity contribution in [3.63, 3.8) is 0 Å². The van der Waals surface area contributed by atoms with Crippen molar-refractivity contribution in [1.29, 1.82) is 0 Å². The third-order valence-corrected chi connectivity index (χ3v) is 3.09. The zero-order valence-electron chi connectivity index (χ0n) is 9.15. The Balaban J connectivity index is 1.58. The lowest BCUT2D eigenvalue weighted by atomic mass is 9.98. The maximum atomic E-state index is 5.81. The largest absolute Gasteiger partial charge is 0.463 e. The first-order valence-corrected chi connectivity index (χ1v) is 5.92. The SMILES string of the molecule is NC1=N[C@@H](CCOC2CCCCC2)CO1. The number of nitrogens with zero attached hydrogens (tertiary/aromatic N) is 1. The molecule has 0 spiro atoms. The van der Waals surface area contributed by atoms with Crippen LogP contribution in [0.2, 0.25) is 0 Å². The van der Waals surface area contributed by atoms with E-state index in [2.05, 4.69) is 4.99 Å². The fourth-order valence-electron chi connectivity index (χ4n) is 2.19. The average Bonchev–Trinajstić information content (AvgIpc) is 2.66. The molecule has 0 aromatic heterocycles. The summed E-state index contributed by atoms with van der Waals surface area (Å²) in [5.74, 6) is 0. The predicted octanol–water partition coefficient (Wildman–Crippen LogP) is 1.44. The summed E-state index contributed by atoms with van der Waals surface area (Å²) < 4.78 is 10.9. The number of hydrogen-bond donors (Lipinski definition) is 1. The molecule has 1 saturated carbocycles. The van der Waals surface area contributed by atoms with Gasteiger partial charge < -0.3 is 15.2 Å². The molecular formula is C11H20N2O2. The molecule has 86 valence electrons. The molecule has 0 amide bonds. The van der Waals surface area contributed by atoms with E-state index in [4.69, 9.17) is 15.2 Å². The first kappa shape index (κ1) is 10.7. The molecule has 1 atom stereocenters. The van der Waals surface area contributed by atoms with Crippen molar-refractivity contribution in [1.82, 2.24) is 0 Å². The van der Waals surface area contributed by atoms with Gasteiger partial charge in [0.15, 0.2) is 0 Å². The summed E-state index contributed by atoms with van der Waals surface area (Å²) in [7, 11) is 0. The summed E-state index contributed by atoms with van der Waals surface area (Å²) in [5.41, 5.74) is 5.43. The molecule has 1 aliphatic carbocycles. The van der Waals surface area contributed by atoms with E-state index >= 15 is 0 Å². The molecule has 4 nitrogen and oxygen atoms in total. The lowest BCUT2D eigenvalue weighted by molar-refractivity contribution is 0.0241. The third-order valence-electron chi connectivity index (χ3n) is 3.09. The van der Waals surface area contributed by atoms with Crippen molar-refractivity contribution >= 4 is 6.02 Å². The van der Waals surface area contributed by atoms with Crippen LogP contribution in [0.15, 0.2) is 4.99 Å². The van der Waals surface area contributed by atoms with E-state index in [0.717, 1.165) is 13.0 Å². The van der Waals surface area contributed by atoms with Crippen LogP contribution >= 0.6 is 0 Å². The van der Waals surface area contributed by atoms with Crippen molar-refractivity contribution in [3.05, 3.63) is 0 Å².